The summed E-state index contributed by atoms with van der Waals surface area (Å²) in [7, 11) is 0. The van der Waals surface area contributed by atoms with Gasteiger partial charge in [-0.3, -0.25) is 4.79 Å². The van der Waals surface area contributed by atoms with Crippen molar-refractivity contribution >= 4 is 5.78 Å². The number of carbonyl (C=O) groups excluding carboxylic acids is 1. The Morgan fingerprint density at radius 1 is 0.714 bits per heavy atom. The van der Waals surface area contributed by atoms with E-state index in [1.807, 2.05) is 0 Å². The molecule has 104 valence electrons. The Hall–Kier alpha value is -1.89. The lowest BCUT2D eigenvalue weighted by Gasteiger charge is -2.24. The van der Waals surface area contributed by atoms with Crippen LogP contribution >= 0.6 is 0 Å². The van der Waals surface area contributed by atoms with Crippen LogP contribution in [0.15, 0.2) is 60.7 Å². The quantitative estimate of drug-likeness (QED) is 0.813. The van der Waals surface area contributed by atoms with E-state index < -0.39 is 0 Å². The lowest BCUT2D eigenvalue weighted by molar-refractivity contribution is -0.123. The largest absolute Gasteiger partial charge is 0.299 e. The van der Waals surface area contributed by atoms with Crippen LogP contribution in [0.25, 0.3) is 0 Å². The third-order valence-electron chi connectivity index (χ3n) is 6.22. The normalized spacial score (nSPS) is 34.8. The first-order valence-electron chi connectivity index (χ1n) is 8.00. The number of benzene rings is 2. The van der Waals surface area contributed by atoms with Crippen LogP contribution in [0.4, 0.5) is 0 Å². The first-order valence-corrected chi connectivity index (χ1v) is 8.00. The fourth-order valence-corrected chi connectivity index (χ4v) is 5.57. The molecule has 0 saturated heterocycles. The lowest BCUT2D eigenvalue weighted by atomic mass is 9.78. The fraction of sp³-hybridized carbons (Fsp3) is 0.350. The van der Waals surface area contributed by atoms with Crippen molar-refractivity contribution in [3.05, 3.63) is 71.8 Å². The van der Waals surface area contributed by atoms with Crippen molar-refractivity contribution in [1.29, 1.82) is 0 Å². The highest BCUT2D eigenvalue weighted by Gasteiger charge is 2.78. The van der Waals surface area contributed by atoms with Gasteiger partial charge in [0.15, 0.2) is 0 Å². The number of hydrogen-bond donors (Lipinski definition) is 0. The molecular formula is C20H18O. The van der Waals surface area contributed by atoms with Gasteiger partial charge in [0.05, 0.1) is 0 Å². The van der Waals surface area contributed by atoms with Gasteiger partial charge in [0.25, 0.3) is 0 Å². The highest BCUT2D eigenvalue weighted by atomic mass is 16.1. The van der Waals surface area contributed by atoms with Crippen molar-refractivity contribution in [2.24, 2.45) is 23.7 Å². The molecule has 0 spiro atoms. The molecule has 3 aliphatic carbocycles. The zero-order valence-electron chi connectivity index (χ0n) is 11.9. The van der Waals surface area contributed by atoms with Gasteiger partial charge in [-0.05, 0) is 35.8 Å². The molecular weight excluding hydrogens is 256 g/mol. The number of fused-ring (bicyclic) bond motifs is 5. The minimum atomic E-state index is 0.113. The summed E-state index contributed by atoms with van der Waals surface area (Å²) in [5.74, 6) is 2.30. The molecule has 2 aromatic rings. The average Bonchev–Trinajstić information content (AvgIpc) is 3.04. The van der Waals surface area contributed by atoms with Crippen LogP contribution in [0.5, 0.6) is 0 Å². The summed E-state index contributed by atoms with van der Waals surface area (Å²) in [6, 6.07) is 21.8. The molecule has 1 heteroatoms. The number of Topliss-reactive ketones (excluding diaryl/α,β-unsaturated/α-hetero) is 1. The summed E-state index contributed by atoms with van der Waals surface area (Å²) >= 11 is 0. The van der Waals surface area contributed by atoms with Gasteiger partial charge in [0.2, 0.25) is 0 Å². The van der Waals surface area contributed by atoms with Gasteiger partial charge in [-0.2, -0.15) is 0 Å². The van der Waals surface area contributed by atoms with E-state index in [9.17, 15) is 4.79 Å². The second kappa shape index (κ2) is 3.85. The minimum absolute atomic E-state index is 0.113. The Labute approximate surface area is 125 Å². The maximum Gasteiger partial charge on any atom is 0.139 e. The Balaban J connectivity index is 1.71. The lowest BCUT2D eigenvalue weighted by Crippen LogP contribution is -2.25. The summed E-state index contributed by atoms with van der Waals surface area (Å²) in [6.07, 6.45) is 2.23. The summed E-state index contributed by atoms with van der Waals surface area (Å²) in [4.78, 5) is 12.4. The second-order valence-corrected chi connectivity index (χ2v) is 6.85. The topological polar surface area (TPSA) is 17.1 Å². The Kier molecular flexibility index (Phi) is 2.15. The maximum atomic E-state index is 12.4. The molecule has 5 rings (SSSR count). The van der Waals surface area contributed by atoms with Gasteiger partial charge >= 0.3 is 0 Å². The minimum Gasteiger partial charge on any atom is -0.299 e. The first-order chi connectivity index (χ1) is 10.3. The van der Waals surface area contributed by atoms with Crippen molar-refractivity contribution in [3.8, 4) is 0 Å². The summed E-state index contributed by atoms with van der Waals surface area (Å²) in [6.45, 7) is 0. The molecule has 0 aliphatic heterocycles. The Bertz CT molecular complexity index is 642. The molecule has 3 aliphatic rings. The van der Waals surface area contributed by atoms with Gasteiger partial charge in [-0.25, -0.2) is 0 Å². The number of carbonyl (C=O) groups is 1. The second-order valence-electron chi connectivity index (χ2n) is 6.85. The zero-order valence-corrected chi connectivity index (χ0v) is 11.9. The summed E-state index contributed by atoms with van der Waals surface area (Å²) in [5.41, 5.74) is 2.94. The molecule has 1 nitrogen and oxygen atoms in total. The Morgan fingerprint density at radius 2 is 1.14 bits per heavy atom. The van der Waals surface area contributed by atoms with Gasteiger partial charge in [0, 0.05) is 17.3 Å². The van der Waals surface area contributed by atoms with E-state index in [1.54, 1.807) is 0 Å². The summed E-state index contributed by atoms with van der Waals surface area (Å²) in [5, 5.41) is 0. The molecule has 0 heterocycles. The molecule has 3 fully saturated rings. The van der Waals surface area contributed by atoms with E-state index in [1.165, 1.54) is 11.1 Å². The molecule has 0 aromatic heterocycles. The van der Waals surface area contributed by atoms with Crippen molar-refractivity contribution in [2.75, 3.05) is 0 Å². The molecule has 0 radical (unpaired) electrons. The number of rotatable bonds is 2. The van der Waals surface area contributed by atoms with Crippen molar-refractivity contribution in [2.45, 2.75) is 18.3 Å². The SMILES string of the molecule is O=C1[C@H]2CC[C@@H]1[C@@H]1[C@H]2C1(c1ccccc1)c1ccccc1. The first kappa shape index (κ1) is 11.7. The molecule has 3 saturated carbocycles. The van der Waals surface area contributed by atoms with Crippen LogP contribution in [-0.2, 0) is 10.2 Å². The molecule has 4 atom stereocenters. The molecule has 0 amide bonds. The van der Waals surface area contributed by atoms with Gasteiger partial charge in [0.1, 0.15) is 5.78 Å². The zero-order chi connectivity index (χ0) is 14.0. The highest BCUT2D eigenvalue weighted by Crippen LogP contribution is 2.77. The van der Waals surface area contributed by atoms with Gasteiger partial charge < -0.3 is 0 Å². The van der Waals surface area contributed by atoms with Crippen molar-refractivity contribution in [3.63, 3.8) is 0 Å². The highest BCUT2D eigenvalue weighted by molar-refractivity contribution is 5.92. The third kappa shape index (κ3) is 1.26. The predicted octanol–water partition coefficient (Wildman–Crippen LogP) is 3.83. The van der Waals surface area contributed by atoms with Crippen LogP contribution in [0.2, 0.25) is 0 Å². The van der Waals surface area contributed by atoms with E-state index in [0.29, 0.717) is 29.5 Å². The van der Waals surface area contributed by atoms with Gasteiger partial charge in [-0.1, -0.05) is 60.7 Å². The van der Waals surface area contributed by atoms with E-state index in [-0.39, 0.29) is 5.41 Å². The standard InChI is InChI=1S/C20H18O/c21-19-15-11-12-16(19)18-17(15)20(18,13-7-3-1-4-8-13)14-9-5-2-6-10-14/h1-10,15-18H,11-12H2/t15-,16+,17-,18+. The van der Waals surface area contributed by atoms with E-state index in [0.717, 1.165) is 12.8 Å². The monoisotopic (exact) mass is 274 g/mol. The van der Waals surface area contributed by atoms with Crippen LogP contribution < -0.4 is 0 Å². The van der Waals surface area contributed by atoms with Crippen LogP contribution in [0.1, 0.15) is 24.0 Å². The van der Waals surface area contributed by atoms with E-state index in [4.69, 9.17) is 0 Å². The predicted molar refractivity (Wildman–Crippen MR) is 81.9 cm³/mol. The van der Waals surface area contributed by atoms with Gasteiger partial charge in [-0.15, -0.1) is 0 Å². The molecule has 21 heavy (non-hydrogen) atoms. The van der Waals surface area contributed by atoms with E-state index >= 15 is 0 Å². The number of hydrogen-bond acceptors (Lipinski definition) is 1. The molecule has 0 N–H and O–H groups in total. The third-order valence-corrected chi connectivity index (χ3v) is 6.22. The smallest absolute Gasteiger partial charge is 0.139 e. The van der Waals surface area contributed by atoms with E-state index in [2.05, 4.69) is 60.7 Å². The fourth-order valence-electron chi connectivity index (χ4n) is 5.57. The number of ketones is 1. The summed E-state index contributed by atoms with van der Waals surface area (Å²) < 4.78 is 0. The van der Waals surface area contributed by atoms with Crippen LogP contribution in [-0.4, -0.2) is 5.78 Å². The maximum absolute atomic E-state index is 12.4. The van der Waals surface area contributed by atoms with Crippen LogP contribution in [0.3, 0.4) is 0 Å². The average molecular weight is 274 g/mol. The molecule has 2 aromatic carbocycles. The molecule has 2 bridgehead atoms. The van der Waals surface area contributed by atoms with Crippen molar-refractivity contribution < 1.29 is 4.79 Å². The Morgan fingerprint density at radius 3 is 1.57 bits per heavy atom. The molecule has 0 unspecified atom stereocenters. The van der Waals surface area contributed by atoms with Crippen LogP contribution in [0, 0.1) is 23.7 Å². The van der Waals surface area contributed by atoms with Crippen molar-refractivity contribution in [1.82, 2.24) is 0 Å².